The van der Waals surface area contributed by atoms with Crippen molar-refractivity contribution in [2.24, 2.45) is 0 Å². The predicted molar refractivity (Wildman–Crippen MR) is 116 cm³/mol. The lowest BCUT2D eigenvalue weighted by Crippen LogP contribution is -2.30. The van der Waals surface area contributed by atoms with E-state index >= 15 is 0 Å². The fourth-order valence-corrected chi connectivity index (χ4v) is 3.71. The first-order chi connectivity index (χ1) is 13.9. The van der Waals surface area contributed by atoms with Crippen molar-refractivity contribution in [3.63, 3.8) is 0 Å². The number of carbonyl (C=O) groups is 2. The van der Waals surface area contributed by atoms with Crippen molar-refractivity contribution >= 4 is 23.1 Å². The van der Waals surface area contributed by atoms with E-state index in [0.29, 0.717) is 12.1 Å². The van der Waals surface area contributed by atoms with Gasteiger partial charge in [-0.1, -0.05) is 50.2 Å². The van der Waals surface area contributed by atoms with E-state index in [1.54, 1.807) is 17.0 Å². The van der Waals surface area contributed by atoms with E-state index in [1.165, 1.54) is 0 Å². The van der Waals surface area contributed by atoms with Crippen molar-refractivity contribution < 1.29 is 14.7 Å². The Hall–Kier alpha value is -3.08. The summed E-state index contributed by atoms with van der Waals surface area (Å²) in [6, 6.07) is 14.6. The van der Waals surface area contributed by atoms with Crippen LogP contribution in [-0.2, 0) is 16.0 Å². The van der Waals surface area contributed by atoms with Crippen molar-refractivity contribution in [3.8, 4) is 0 Å². The molecule has 0 radical (unpaired) electrons. The SMILES string of the molecule is CCCN1C(=O)C(=O)/C(=C(\O)c2ccc(CC)cc2)C1c1ccc(N(C)C)cc1. The molecular weight excluding hydrogens is 364 g/mol. The van der Waals surface area contributed by atoms with Crippen LogP contribution in [0.3, 0.4) is 0 Å². The molecule has 0 bridgehead atoms. The third-order valence-corrected chi connectivity index (χ3v) is 5.37. The second kappa shape index (κ2) is 8.52. The lowest BCUT2D eigenvalue weighted by Gasteiger charge is -2.25. The Morgan fingerprint density at radius 3 is 2.14 bits per heavy atom. The molecule has 1 aliphatic rings. The number of rotatable bonds is 6. The Balaban J connectivity index is 2.12. The highest BCUT2D eigenvalue weighted by atomic mass is 16.3. The first-order valence-corrected chi connectivity index (χ1v) is 10.0. The number of likely N-dealkylation sites (tertiary alicyclic amines) is 1. The molecule has 1 fully saturated rings. The maximum Gasteiger partial charge on any atom is 0.295 e. The first kappa shape index (κ1) is 20.6. The number of benzene rings is 2. The van der Waals surface area contributed by atoms with Gasteiger partial charge < -0.3 is 14.9 Å². The minimum Gasteiger partial charge on any atom is -0.507 e. The number of amides is 1. The van der Waals surface area contributed by atoms with Crippen LogP contribution in [0, 0.1) is 0 Å². The number of aliphatic hydroxyl groups is 1. The Labute approximate surface area is 172 Å². The summed E-state index contributed by atoms with van der Waals surface area (Å²) in [5.74, 6) is -1.30. The summed E-state index contributed by atoms with van der Waals surface area (Å²) >= 11 is 0. The monoisotopic (exact) mass is 392 g/mol. The number of hydrogen-bond donors (Lipinski definition) is 1. The van der Waals surface area contributed by atoms with E-state index in [-0.39, 0.29) is 11.3 Å². The van der Waals surface area contributed by atoms with E-state index in [2.05, 4.69) is 6.92 Å². The van der Waals surface area contributed by atoms with Gasteiger partial charge in [0, 0.05) is 31.9 Å². The fraction of sp³-hybridized carbons (Fsp3) is 0.333. The molecule has 2 aromatic carbocycles. The molecule has 1 aliphatic heterocycles. The van der Waals surface area contributed by atoms with Gasteiger partial charge in [0.05, 0.1) is 11.6 Å². The second-order valence-corrected chi connectivity index (χ2v) is 7.53. The van der Waals surface area contributed by atoms with Gasteiger partial charge in [0.25, 0.3) is 11.7 Å². The van der Waals surface area contributed by atoms with Crippen molar-refractivity contribution in [2.75, 3.05) is 25.5 Å². The highest BCUT2D eigenvalue weighted by Gasteiger charge is 2.45. The predicted octanol–water partition coefficient (Wildman–Crippen LogP) is 4.15. The molecule has 5 heteroatoms. The average molecular weight is 392 g/mol. The lowest BCUT2D eigenvalue weighted by atomic mass is 9.94. The maximum atomic E-state index is 12.9. The Morgan fingerprint density at radius 2 is 1.62 bits per heavy atom. The van der Waals surface area contributed by atoms with Crippen LogP contribution in [-0.4, -0.2) is 42.3 Å². The van der Waals surface area contributed by atoms with E-state index in [4.69, 9.17) is 0 Å². The lowest BCUT2D eigenvalue weighted by molar-refractivity contribution is -0.139. The molecule has 1 amide bonds. The molecule has 0 aromatic heterocycles. The number of carbonyl (C=O) groups excluding carboxylic acids is 2. The molecule has 1 heterocycles. The first-order valence-electron chi connectivity index (χ1n) is 10.0. The number of aryl methyl sites for hydroxylation is 1. The van der Waals surface area contributed by atoms with Crippen LogP contribution in [0.5, 0.6) is 0 Å². The quantitative estimate of drug-likeness (QED) is 0.456. The molecule has 1 unspecified atom stereocenters. The van der Waals surface area contributed by atoms with Gasteiger partial charge in [-0.2, -0.15) is 0 Å². The van der Waals surface area contributed by atoms with Gasteiger partial charge in [-0.15, -0.1) is 0 Å². The normalized spacial score (nSPS) is 18.3. The zero-order chi connectivity index (χ0) is 21.1. The summed E-state index contributed by atoms with van der Waals surface area (Å²) < 4.78 is 0. The minimum atomic E-state index is -0.628. The molecule has 152 valence electrons. The van der Waals surface area contributed by atoms with Crippen LogP contribution in [0.1, 0.15) is 43.0 Å². The van der Waals surface area contributed by atoms with Crippen LogP contribution in [0.25, 0.3) is 5.76 Å². The van der Waals surface area contributed by atoms with Crippen LogP contribution >= 0.6 is 0 Å². The summed E-state index contributed by atoms with van der Waals surface area (Å²) in [6.07, 6.45) is 1.62. The molecule has 1 saturated heterocycles. The molecule has 5 nitrogen and oxygen atoms in total. The largest absolute Gasteiger partial charge is 0.507 e. The molecule has 0 spiro atoms. The van der Waals surface area contributed by atoms with Crippen LogP contribution < -0.4 is 4.90 Å². The summed E-state index contributed by atoms with van der Waals surface area (Å²) in [5.41, 5.74) is 3.69. The summed E-state index contributed by atoms with van der Waals surface area (Å²) in [5, 5.41) is 11.0. The van der Waals surface area contributed by atoms with Gasteiger partial charge in [0.1, 0.15) is 5.76 Å². The molecule has 0 aliphatic carbocycles. The van der Waals surface area contributed by atoms with Gasteiger partial charge >= 0.3 is 0 Å². The number of hydrogen-bond acceptors (Lipinski definition) is 4. The Morgan fingerprint density at radius 1 is 1.00 bits per heavy atom. The zero-order valence-corrected chi connectivity index (χ0v) is 17.5. The summed E-state index contributed by atoms with van der Waals surface area (Å²) in [6.45, 7) is 4.48. The van der Waals surface area contributed by atoms with Crippen LogP contribution in [0.4, 0.5) is 5.69 Å². The smallest absolute Gasteiger partial charge is 0.295 e. The average Bonchev–Trinajstić information content (AvgIpc) is 2.98. The second-order valence-electron chi connectivity index (χ2n) is 7.53. The maximum absolute atomic E-state index is 12.9. The number of ketones is 1. The number of nitrogens with zero attached hydrogens (tertiary/aromatic N) is 2. The summed E-state index contributed by atoms with van der Waals surface area (Å²) in [4.78, 5) is 29.2. The van der Waals surface area contributed by atoms with E-state index in [1.807, 2.05) is 62.3 Å². The third-order valence-electron chi connectivity index (χ3n) is 5.37. The zero-order valence-electron chi connectivity index (χ0n) is 17.5. The molecule has 29 heavy (non-hydrogen) atoms. The highest BCUT2D eigenvalue weighted by Crippen LogP contribution is 2.39. The Kier molecular flexibility index (Phi) is 6.06. The van der Waals surface area contributed by atoms with Gasteiger partial charge in [0.2, 0.25) is 0 Å². The van der Waals surface area contributed by atoms with E-state index in [9.17, 15) is 14.7 Å². The fourth-order valence-electron chi connectivity index (χ4n) is 3.71. The van der Waals surface area contributed by atoms with Crippen molar-refractivity contribution in [2.45, 2.75) is 32.7 Å². The standard InChI is InChI=1S/C24H28N2O3/c1-5-15-26-21(17-11-13-19(14-12-17)25(3)4)20(23(28)24(26)29)22(27)18-9-7-16(6-2)8-10-18/h7-14,21,27H,5-6,15H2,1-4H3/b22-20-. The molecule has 2 aromatic rings. The topological polar surface area (TPSA) is 60.9 Å². The van der Waals surface area contributed by atoms with E-state index < -0.39 is 17.7 Å². The minimum absolute atomic E-state index is 0.119. The molecular formula is C24H28N2O3. The van der Waals surface area contributed by atoms with Gasteiger partial charge in [0.15, 0.2) is 0 Å². The van der Waals surface area contributed by atoms with Gasteiger partial charge in [-0.25, -0.2) is 0 Å². The third kappa shape index (κ3) is 3.90. The number of aliphatic hydroxyl groups excluding tert-OH is 1. The molecule has 3 rings (SSSR count). The molecule has 1 atom stereocenters. The van der Waals surface area contributed by atoms with E-state index in [0.717, 1.165) is 29.7 Å². The van der Waals surface area contributed by atoms with Gasteiger partial charge in [-0.3, -0.25) is 9.59 Å². The Bertz CT molecular complexity index is 928. The van der Waals surface area contributed by atoms with Crippen molar-refractivity contribution in [3.05, 3.63) is 70.8 Å². The van der Waals surface area contributed by atoms with Crippen molar-refractivity contribution in [1.29, 1.82) is 0 Å². The number of anilines is 1. The highest BCUT2D eigenvalue weighted by molar-refractivity contribution is 6.46. The molecule has 0 saturated carbocycles. The molecule has 1 N–H and O–H groups in total. The van der Waals surface area contributed by atoms with Crippen molar-refractivity contribution in [1.82, 2.24) is 4.90 Å². The van der Waals surface area contributed by atoms with Gasteiger partial charge in [-0.05, 0) is 36.1 Å². The van der Waals surface area contributed by atoms with Crippen LogP contribution in [0.15, 0.2) is 54.1 Å². The number of Topliss-reactive ketones (excluding diaryl/α,β-unsaturated/α-hetero) is 1. The summed E-state index contributed by atoms with van der Waals surface area (Å²) in [7, 11) is 3.91. The van der Waals surface area contributed by atoms with Crippen LogP contribution in [0.2, 0.25) is 0 Å².